The van der Waals surface area contributed by atoms with Gasteiger partial charge < -0.3 is 0 Å². The zero-order valence-corrected chi connectivity index (χ0v) is 38.0. The van der Waals surface area contributed by atoms with E-state index in [9.17, 15) is 0 Å². The van der Waals surface area contributed by atoms with Crippen LogP contribution in [0.4, 0.5) is 0 Å². The first-order valence-corrected chi connectivity index (χ1v) is 23.3. The molecule has 314 valence electrons. The van der Waals surface area contributed by atoms with Gasteiger partial charge in [-0.15, -0.1) is 5.73 Å². The molecule has 8 aromatic rings. The van der Waals surface area contributed by atoms with E-state index >= 15 is 0 Å². The third-order valence-corrected chi connectivity index (χ3v) is 14.7. The fraction of sp³-hybridized carbons (Fsp3) is 0.154. The van der Waals surface area contributed by atoms with Gasteiger partial charge in [-0.1, -0.05) is 204 Å². The number of fused-ring (bicyclic) bond motifs is 7. The van der Waals surface area contributed by atoms with E-state index in [1.807, 2.05) is 0 Å². The number of hydrogen-bond donors (Lipinski definition) is 0. The average molecular weight is 835 g/mol. The molecule has 1 atom stereocenters. The summed E-state index contributed by atoms with van der Waals surface area (Å²) in [5.74, 6) is 0.398. The third kappa shape index (κ3) is 7.11. The molecular weight excluding hydrogens is 781 g/mol. The molecule has 0 spiro atoms. The predicted octanol–water partition coefficient (Wildman–Crippen LogP) is 12.8. The second-order valence-corrected chi connectivity index (χ2v) is 19.4. The van der Waals surface area contributed by atoms with E-state index in [2.05, 4.69) is 240 Å². The van der Waals surface area contributed by atoms with Crippen LogP contribution >= 0.6 is 0 Å². The second-order valence-electron chi connectivity index (χ2n) is 19.4. The molecule has 0 heterocycles. The maximum atomic E-state index is 4.34. The van der Waals surface area contributed by atoms with Gasteiger partial charge in [-0.3, -0.25) is 0 Å². The van der Waals surface area contributed by atoms with E-state index in [1.165, 1.54) is 99.1 Å². The first-order valence-electron chi connectivity index (χ1n) is 23.3. The van der Waals surface area contributed by atoms with Crippen LogP contribution in [0, 0.1) is 5.92 Å². The molecule has 0 bridgehead atoms. The molecule has 65 heavy (non-hydrogen) atoms. The van der Waals surface area contributed by atoms with Crippen molar-refractivity contribution in [3.8, 4) is 22.3 Å². The normalized spacial score (nSPS) is 15.5. The number of rotatable bonds is 10. The zero-order chi connectivity index (χ0) is 44.3. The van der Waals surface area contributed by atoms with Crippen LogP contribution in [-0.2, 0) is 23.7 Å². The molecule has 3 aliphatic carbocycles. The van der Waals surface area contributed by atoms with E-state index in [1.54, 1.807) is 0 Å². The van der Waals surface area contributed by atoms with Crippen LogP contribution in [0.3, 0.4) is 0 Å². The van der Waals surface area contributed by atoms with Crippen LogP contribution in [0.1, 0.15) is 73.1 Å². The summed E-state index contributed by atoms with van der Waals surface area (Å²) in [4.78, 5) is 0. The van der Waals surface area contributed by atoms with Gasteiger partial charge in [0.05, 0.1) is 0 Å². The Morgan fingerprint density at radius 1 is 0.554 bits per heavy atom. The average Bonchev–Trinajstić information content (AvgIpc) is 3.59. The summed E-state index contributed by atoms with van der Waals surface area (Å²) >= 11 is 0. The van der Waals surface area contributed by atoms with Crippen molar-refractivity contribution >= 4 is 33.7 Å². The minimum atomic E-state index is -0.153. The highest BCUT2D eigenvalue weighted by atomic mass is 14.4. The smallest absolute Gasteiger partial charge is 0.0249 e. The van der Waals surface area contributed by atoms with Crippen molar-refractivity contribution < 1.29 is 0 Å². The van der Waals surface area contributed by atoms with Crippen molar-refractivity contribution in [2.75, 3.05) is 0 Å². The van der Waals surface area contributed by atoms with Crippen molar-refractivity contribution in [1.29, 1.82) is 0 Å². The fourth-order valence-electron chi connectivity index (χ4n) is 11.3. The molecular formula is C65H54. The highest BCUT2D eigenvalue weighted by molar-refractivity contribution is 5.92. The van der Waals surface area contributed by atoms with Crippen LogP contribution in [0.2, 0.25) is 0 Å². The summed E-state index contributed by atoms with van der Waals surface area (Å²) in [5.41, 5.74) is 22.0. The molecule has 0 nitrogen and oxygen atoms in total. The molecule has 0 amide bonds. The molecule has 0 saturated heterocycles. The summed E-state index contributed by atoms with van der Waals surface area (Å²) in [6, 6.07) is 65.3. The van der Waals surface area contributed by atoms with E-state index < -0.39 is 0 Å². The van der Waals surface area contributed by atoms with Crippen molar-refractivity contribution in [1.82, 2.24) is 0 Å². The summed E-state index contributed by atoms with van der Waals surface area (Å²) in [6.07, 6.45) is 12.3. The largest absolute Gasteiger partial charge is 0.104 e. The molecule has 0 fully saturated rings. The lowest BCUT2D eigenvalue weighted by Crippen LogP contribution is -2.26. The van der Waals surface area contributed by atoms with Crippen LogP contribution < -0.4 is 20.9 Å². The Morgan fingerprint density at radius 2 is 1.22 bits per heavy atom. The molecule has 0 saturated carbocycles. The van der Waals surface area contributed by atoms with Crippen LogP contribution in [0.15, 0.2) is 206 Å². The maximum Gasteiger partial charge on any atom is 0.0249 e. The van der Waals surface area contributed by atoms with Gasteiger partial charge in [0.15, 0.2) is 0 Å². The lowest BCUT2D eigenvalue weighted by Gasteiger charge is -2.23. The Hall–Kier alpha value is -7.24. The minimum Gasteiger partial charge on any atom is -0.104 e. The molecule has 1 unspecified atom stereocenters. The zero-order valence-electron chi connectivity index (χ0n) is 38.0. The summed E-state index contributed by atoms with van der Waals surface area (Å²) in [6.45, 7) is 13.9. The number of hydrogen-bond acceptors (Lipinski definition) is 0. The van der Waals surface area contributed by atoms with Gasteiger partial charge in [0, 0.05) is 21.3 Å². The molecule has 0 radical (unpaired) electrons. The summed E-state index contributed by atoms with van der Waals surface area (Å²) in [5, 5.41) is 7.35. The molecule has 3 aliphatic rings. The molecule has 0 aliphatic heterocycles. The summed E-state index contributed by atoms with van der Waals surface area (Å²) < 4.78 is 0. The monoisotopic (exact) mass is 834 g/mol. The topological polar surface area (TPSA) is 0 Å². The van der Waals surface area contributed by atoms with Crippen LogP contribution in [0.25, 0.3) is 56.0 Å². The van der Waals surface area contributed by atoms with Gasteiger partial charge in [-0.25, -0.2) is 0 Å². The number of benzene rings is 8. The Bertz CT molecular complexity index is 3560. The standard InChI is InChI=1S/C65H54/c1-6-60-55(57-34-31-49(41-62(57)64(60,2)3)45-19-8-7-9-20-45)29-16-18-43(37-50-26-17-25-46-21-12-14-27-53(46)50)36-44-30-33-56-58-35-32-52(42-63(58)65(4,5)61(56)38-44)59-40-48-23-11-10-22-47(48)39-51-24-13-15-28-54(51)59/h6-17,19-35,38,40-43H,1,18,36-37H2,2-5H3/b29-16-. The van der Waals surface area contributed by atoms with Crippen molar-refractivity contribution in [3.05, 3.63) is 266 Å². The van der Waals surface area contributed by atoms with E-state index in [0.717, 1.165) is 29.7 Å². The van der Waals surface area contributed by atoms with E-state index in [4.69, 9.17) is 0 Å². The van der Waals surface area contributed by atoms with E-state index in [0.29, 0.717) is 5.92 Å². The molecule has 0 heteroatoms. The molecule has 0 aromatic heterocycles. The predicted molar refractivity (Wildman–Crippen MR) is 275 cm³/mol. The third-order valence-electron chi connectivity index (χ3n) is 14.7. The SMILES string of the molecule is C=CC1=C(/C=C\CC(Cc2ccc3c(c2)C(C)(C)c2cc(C4=c5ccccc5=C=c5ccccc5=C4)ccc2-3)Cc2cccc3ccccc23)c2ccc(-c3ccccc3)cc2C1(C)C. The van der Waals surface area contributed by atoms with Crippen LogP contribution in [-0.4, -0.2) is 0 Å². The van der Waals surface area contributed by atoms with Crippen molar-refractivity contribution in [2.24, 2.45) is 5.92 Å². The highest BCUT2D eigenvalue weighted by Crippen LogP contribution is 2.51. The minimum absolute atomic E-state index is 0.140. The Morgan fingerprint density at radius 3 is 2.06 bits per heavy atom. The van der Waals surface area contributed by atoms with Gasteiger partial charge >= 0.3 is 0 Å². The fourth-order valence-corrected chi connectivity index (χ4v) is 11.3. The van der Waals surface area contributed by atoms with Gasteiger partial charge in [-0.05, 0) is 155 Å². The van der Waals surface area contributed by atoms with Crippen molar-refractivity contribution in [3.63, 3.8) is 0 Å². The van der Waals surface area contributed by atoms with E-state index in [-0.39, 0.29) is 10.8 Å². The van der Waals surface area contributed by atoms with Crippen LogP contribution in [0.5, 0.6) is 0 Å². The highest BCUT2D eigenvalue weighted by Gasteiger charge is 2.37. The van der Waals surface area contributed by atoms with Crippen molar-refractivity contribution in [2.45, 2.75) is 57.8 Å². The quantitative estimate of drug-likeness (QED) is 0.129. The first-order chi connectivity index (χ1) is 31.7. The molecule has 0 N–H and O–H groups in total. The van der Waals surface area contributed by atoms with Gasteiger partial charge in [0.2, 0.25) is 0 Å². The lowest BCUT2D eigenvalue weighted by molar-refractivity contribution is 0.529. The van der Waals surface area contributed by atoms with Gasteiger partial charge in [-0.2, -0.15) is 0 Å². The molecule has 11 rings (SSSR count). The van der Waals surface area contributed by atoms with Gasteiger partial charge in [0.1, 0.15) is 0 Å². The Kier molecular flexibility index (Phi) is 10.0. The summed E-state index contributed by atoms with van der Waals surface area (Å²) in [7, 11) is 0. The molecule has 8 aromatic carbocycles. The second kappa shape index (κ2) is 16.1. The lowest BCUT2D eigenvalue weighted by atomic mass is 9.80. The Balaban J connectivity index is 0.931. The number of allylic oxidation sites excluding steroid dienone is 5. The Labute approximate surface area is 384 Å². The first kappa shape index (κ1) is 40.5. The maximum absolute atomic E-state index is 4.34. The van der Waals surface area contributed by atoms with Gasteiger partial charge in [0.25, 0.3) is 0 Å².